The summed E-state index contributed by atoms with van der Waals surface area (Å²) < 4.78 is 0. The van der Waals surface area contributed by atoms with Crippen LogP contribution in [0.4, 0.5) is 0 Å². The van der Waals surface area contributed by atoms with Crippen molar-refractivity contribution < 1.29 is 0 Å². The second-order valence-corrected chi connectivity index (χ2v) is 7.38. The van der Waals surface area contributed by atoms with Crippen LogP contribution in [-0.4, -0.2) is 6.54 Å². The Balaban J connectivity index is 2.28. The van der Waals surface area contributed by atoms with E-state index in [0.717, 1.165) is 6.54 Å². The van der Waals surface area contributed by atoms with Gasteiger partial charge in [0, 0.05) is 15.8 Å². The zero-order valence-electron chi connectivity index (χ0n) is 13.8. The van der Waals surface area contributed by atoms with Gasteiger partial charge in [0.15, 0.2) is 0 Å². The first-order valence-electron chi connectivity index (χ1n) is 7.96. The minimum Gasteiger partial charge on any atom is -0.309 e. The van der Waals surface area contributed by atoms with E-state index in [1.807, 2.05) is 11.3 Å². The Morgan fingerprint density at radius 2 is 1.81 bits per heavy atom. The van der Waals surface area contributed by atoms with E-state index in [-0.39, 0.29) is 0 Å². The van der Waals surface area contributed by atoms with E-state index < -0.39 is 0 Å². The third kappa shape index (κ3) is 3.96. The van der Waals surface area contributed by atoms with Crippen LogP contribution in [0.1, 0.15) is 57.0 Å². The van der Waals surface area contributed by atoms with Crippen molar-refractivity contribution in [3.8, 4) is 10.4 Å². The summed E-state index contributed by atoms with van der Waals surface area (Å²) in [5.74, 6) is 1.19. The minimum atomic E-state index is 0.460. The topological polar surface area (TPSA) is 12.0 Å². The number of nitrogens with one attached hydrogen (secondary N) is 1. The summed E-state index contributed by atoms with van der Waals surface area (Å²) in [6, 6.07) is 14.0. The van der Waals surface area contributed by atoms with E-state index in [9.17, 15) is 0 Å². The molecular weight excluding hydrogens is 274 g/mol. The molecule has 2 aromatic rings. The van der Waals surface area contributed by atoms with Gasteiger partial charge in [-0.2, -0.15) is 0 Å². The molecule has 0 amide bonds. The second-order valence-electron chi connectivity index (χ2n) is 6.26. The predicted molar refractivity (Wildman–Crippen MR) is 95.1 cm³/mol. The van der Waals surface area contributed by atoms with Crippen molar-refractivity contribution in [1.29, 1.82) is 0 Å². The maximum atomic E-state index is 3.60. The largest absolute Gasteiger partial charge is 0.309 e. The van der Waals surface area contributed by atoms with Crippen LogP contribution in [0.5, 0.6) is 0 Å². The monoisotopic (exact) mass is 301 g/mol. The van der Waals surface area contributed by atoms with Crippen LogP contribution >= 0.6 is 11.3 Å². The van der Waals surface area contributed by atoms with Gasteiger partial charge in [0.1, 0.15) is 0 Å². The number of benzene rings is 1. The van der Waals surface area contributed by atoms with Crippen molar-refractivity contribution in [3.63, 3.8) is 0 Å². The van der Waals surface area contributed by atoms with Gasteiger partial charge in [-0.1, -0.05) is 58.9 Å². The third-order valence-corrected chi connectivity index (χ3v) is 5.08. The van der Waals surface area contributed by atoms with Gasteiger partial charge in [-0.3, -0.25) is 0 Å². The third-order valence-electron chi connectivity index (χ3n) is 3.86. The molecule has 1 N–H and O–H groups in total. The van der Waals surface area contributed by atoms with Gasteiger partial charge in [0.25, 0.3) is 0 Å². The molecule has 21 heavy (non-hydrogen) atoms. The highest BCUT2D eigenvalue weighted by Gasteiger charge is 2.17. The normalized spacial score (nSPS) is 13.1. The average Bonchev–Trinajstić information content (AvgIpc) is 2.94. The van der Waals surface area contributed by atoms with Gasteiger partial charge in [0.2, 0.25) is 0 Å². The summed E-state index contributed by atoms with van der Waals surface area (Å²) in [6.07, 6.45) is 0. The summed E-state index contributed by atoms with van der Waals surface area (Å²) in [7, 11) is 0. The second kappa shape index (κ2) is 7.24. The van der Waals surface area contributed by atoms with E-state index in [0.29, 0.717) is 17.9 Å². The maximum Gasteiger partial charge on any atom is 0.0438 e. The smallest absolute Gasteiger partial charge is 0.0438 e. The van der Waals surface area contributed by atoms with Gasteiger partial charge in [0.05, 0.1) is 0 Å². The average molecular weight is 301 g/mol. The quantitative estimate of drug-likeness (QED) is 0.706. The first-order chi connectivity index (χ1) is 10.0. The standard InChI is InChI=1S/C19H27NS/c1-6-20-19(14(4)5)18-11-10-17(21-18)16-9-7-8-15(12-16)13(2)3/h7-14,19-20H,6H2,1-5H3. The zero-order chi connectivity index (χ0) is 15.4. The summed E-state index contributed by atoms with van der Waals surface area (Å²) in [5.41, 5.74) is 2.76. The molecule has 0 aliphatic heterocycles. The lowest BCUT2D eigenvalue weighted by molar-refractivity contribution is 0.428. The van der Waals surface area contributed by atoms with E-state index in [1.165, 1.54) is 20.9 Å². The Morgan fingerprint density at radius 3 is 2.43 bits per heavy atom. The molecular formula is C19H27NS. The van der Waals surface area contributed by atoms with Crippen LogP contribution in [0, 0.1) is 5.92 Å². The van der Waals surface area contributed by atoms with Gasteiger partial charge in [-0.05, 0) is 41.6 Å². The van der Waals surface area contributed by atoms with Crippen molar-refractivity contribution in [3.05, 3.63) is 46.8 Å². The van der Waals surface area contributed by atoms with Crippen molar-refractivity contribution in [2.24, 2.45) is 5.92 Å². The summed E-state index contributed by atoms with van der Waals surface area (Å²) in [5, 5.41) is 3.60. The summed E-state index contributed by atoms with van der Waals surface area (Å²) in [4.78, 5) is 2.81. The number of rotatable bonds is 6. The van der Waals surface area contributed by atoms with Crippen LogP contribution < -0.4 is 5.32 Å². The first-order valence-corrected chi connectivity index (χ1v) is 8.78. The lowest BCUT2D eigenvalue weighted by Gasteiger charge is -2.20. The van der Waals surface area contributed by atoms with E-state index >= 15 is 0 Å². The van der Waals surface area contributed by atoms with Gasteiger partial charge in [-0.15, -0.1) is 11.3 Å². The molecule has 1 aromatic heterocycles. The maximum absolute atomic E-state index is 3.60. The fraction of sp³-hybridized carbons (Fsp3) is 0.474. The molecule has 2 heteroatoms. The van der Waals surface area contributed by atoms with Crippen molar-refractivity contribution in [2.45, 2.75) is 46.6 Å². The number of hydrogen-bond acceptors (Lipinski definition) is 2. The lowest BCUT2D eigenvalue weighted by atomic mass is 10.0. The zero-order valence-corrected chi connectivity index (χ0v) is 14.6. The Labute approximate surface area is 133 Å². The Morgan fingerprint density at radius 1 is 1.05 bits per heavy atom. The van der Waals surface area contributed by atoms with Crippen LogP contribution in [-0.2, 0) is 0 Å². The van der Waals surface area contributed by atoms with E-state index in [1.54, 1.807) is 0 Å². The van der Waals surface area contributed by atoms with E-state index in [4.69, 9.17) is 0 Å². The van der Waals surface area contributed by atoms with Gasteiger partial charge >= 0.3 is 0 Å². The molecule has 0 saturated heterocycles. The van der Waals surface area contributed by atoms with E-state index in [2.05, 4.69) is 76.3 Å². The Bertz CT molecular complexity index is 568. The highest BCUT2D eigenvalue weighted by Crippen LogP contribution is 2.35. The van der Waals surface area contributed by atoms with Gasteiger partial charge in [-0.25, -0.2) is 0 Å². The van der Waals surface area contributed by atoms with Crippen molar-refractivity contribution in [1.82, 2.24) is 5.32 Å². The summed E-state index contributed by atoms with van der Waals surface area (Å²) in [6.45, 7) is 12.3. The molecule has 0 spiro atoms. The number of thiophene rings is 1. The molecule has 0 saturated carbocycles. The molecule has 1 nitrogen and oxygen atoms in total. The van der Waals surface area contributed by atoms with Crippen LogP contribution in [0.3, 0.4) is 0 Å². The van der Waals surface area contributed by atoms with Crippen molar-refractivity contribution in [2.75, 3.05) is 6.54 Å². The lowest BCUT2D eigenvalue weighted by Crippen LogP contribution is -2.24. The highest BCUT2D eigenvalue weighted by atomic mass is 32.1. The molecule has 1 atom stereocenters. The van der Waals surface area contributed by atoms with Crippen molar-refractivity contribution >= 4 is 11.3 Å². The summed E-state index contributed by atoms with van der Waals surface area (Å²) >= 11 is 1.92. The molecule has 114 valence electrons. The minimum absolute atomic E-state index is 0.460. The van der Waals surface area contributed by atoms with Crippen LogP contribution in [0.15, 0.2) is 36.4 Å². The van der Waals surface area contributed by atoms with Gasteiger partial charge < -0.3 is 5.32 Å². The number of hydrogen-bond donors (Lipinski definition) is 1. The highest BCUT2D eigenvalue weighted by molar-refractivity contribution is 7.15. The molecule has 1 heterocycles. The molecule has 0 radical (unpaired) electrons. The fourth-order valence-corrected chi connectivity index (χ4v) is 3.86. The fourth-order valence-electron chi connectivity index (χ4n) is 2.61. The molecule has 2 rings (SSSR count). The first kappa shape index (κ1) is 16.3. The SMILES string of the molecule is CCNC(c1ccc(-c2cccc(C(C)C)c2)s1)C(C)C. The molecule has 1 unspecified atom stereocenters. The predicted octanol–water partition coefficient (Wildman–Crippen LogP) is 5.85. The molecule has 0 bridgehead atoms. The van der Waals surface area contributed by atoms with Crippen LogP contribution in [0.2, 0.25) is 0 Å². The van der Waals surface area contributed by atoms with Crippen LogP contribution in [0.25, 0.3) is 10.4 Å². The Kier molecular flexibility index (Phi) is 5.60. The molecule has 0 aliphatic carbocycles. The molecule has 1 aromatic carbocycles. The Hall–Kier alpha value is -1.12. The molecule has 0 aliphatic rings. The molecule has 0 fully saturated rings.